The van der Waals surface area contributed by atoms with Crippen LogP contribution in [0.5, 0.6) is 0 Å². The third-order valence-corrected chi connectivity index (χ3v) is 9.36. The molecule has 0 spiro atoms. The Labute approximate surface area is 220 Å². The largest absolute Gasteiger partial charge is 0.477 e. The lowest BCUT2D eigenvalue weighted by molar-refractivity contribution is -0.150. The average Bonchev–Trinajstić information content (AvgIpc) is 3.40. The summed E-state index contributed by atoms with van der Waals surface area (Å²) in [5.74, 6) is -1.37. The summed E-state index contributed by atoms with van der Waals surface area (Å²) in [6.07, 6.45) is 0.198. The zero-order valence-corrected chi connectivity index (χ0v) is 21.4. The van der Waals surface area contributed by atoms with Gasteiger partial charge in [0, 0.05) is 20.4 Å². The second-order valence-corrected chi connectivity index (χ2v) is 11.6. The fourth-order valence-corrected chi connectivity index (χ4v) is 7.30. The van der Waals surface area contributed by atoms with Gasteiger partial charge in [-0.25, -0.2) is 4.79 Å². The number of fused-ring (bicyclic) bond motifs is 1. The van der Waals surface area contributed by atoms with Crippen molar-refractivity contribution >= 4 is 52.6 Å². The van der Waals surface area contributed by atoms with E-state index in [4.69, 9.17) is 0 Å². The zero-order chi connectivity index (χ0) is 25.2. The minimum absolute atomic E-state index is 0.00245. The third-order valence-electron chi connectivity index (χ3n) is 5.93. The number of carboxylic acids is 1. The number of hydrogen-bond donors (Lipinski definition) is 3. The average molecular weight is 539 g/mol. The quantitative estimate of drug-likeness (QED) is 0.373. The summed E-state index contributed by atoms with van der Waals surface area (Å²) in [4.78, 5) is 41.1. The van der Waals surface area contributed by atoms with Gasteiger partial charge in [-0.05, 0) is 40.3 Å². The van der Waals surface area contributed by atoms with E-state index in [-0.39, 0.29) is 24.6 Å². The Balaban J connectivity index is 1.28. The summed E-state index contributed by atoms with van der Waals surface area (Å²) in [5, 5.41) is 23.4. The molecule has 0 radical (unpaired) electrons. The third kappa shape index (κ3) is 4.94. The molecule has 184 valence electrons. The number of thiophene rings is 1. The molecule has 3 aromatic rings. The van der Waals surface area contributed by atoms with Crippen molar-refractivity contribution in [3.05, 3.63) is 87.1 Å². The molecule has 3 N–H and O–H groups in total. The number of carbonyl (C=O) groups is 3. The molecule has 2 aliphatic heterocycles. The van der Waals surface area contributed by atoms with E-state index in [1.165, 1.54) is 39.8 Å². The Morgan fingerprint density at radius 1 is 1.06 bits per heavy atom. The number of benzene rings is 2. The molecule has 1 saturated heterocycles. The van der Waals surface area contributed by atoms with Gasteiger partial charge in [-0.3, -0.25) is 14.5 Å². The first-order chi connectivity index (χ1) is 17.4. The highest BCUT2D eigenvalue weighted by Gasteiger charge is 2.54. The van der Waals surface area contributed by atoms with Gasteiger partial charge in [0.2, 0.25) is 5.91 Å². The monoisotopic (exact) mass is 538 g/mol. The van der Waals surface area contributed by atoms with Crippen molar-refractivity contribution in [2.75, 3.05) is 5.75 Å². The van der Waals surface area contributed by atoms with E-state index in [0.717, 1.165) is 26.5 Å². The van der Waals surface area contributed by atoms with Crippen molar-refractivity contribution in [3.8, 4) is 11.1 Å². The number of β-lactam (4-membered cyclic amide) rings is 1. The van der Waals surface area contributed by atoms with Crippen molar-refractivity contribution in [1.29, 1.82) is 0 Å². The first kappa shape index (κ1) is 24.6. The van der Waals surface area contributed by atoms with E-state index in [0.29, 0.717) is 10.7 Å². The van der Waals surface area contributed by atoms with Gasteiger partial charge in [0.15, 0.2) is 0 Å². The number of hydrogen-bond acceptors (Lipinski definition) is 7. The molecule has 2 aliphatic rings. The SMILES string of the molecule is O=C(Cc1cccs1)N[C@@H]1C(=O)N2C(C(=O)O)=C(Sc3ccc(-c4ccc(CO)cc4)cc3)CS[C@@H]12. The minimum Gasteiger partial charge on any atom is -0.477 e. The normalized spacial score (nSPS) is 19.0. The Hall–Kier alpha value is -3.05. The van der Waals surface area contributed by atoms with Gasteiger partial charge in [0.1, 0.15) is 17.1 Å². The summed E-state index contributed by atoms with van der Waals surface area (Å²) in [6.45, 7) is -0.00245. The number of carboxylic acid groups (broad SMARTS) is 1. The second-order valence-electron chi connectivity index (χ2n) is 8.27. The van der Waals surface area contributed by atoms with E-state index in [1.54, 1.807) is 0 Å². The Kier molecular flexibility index (Phi) is 7.20. The van der Waals surface area contributed by atoms with E-state index in [9.17, 15) is 24.6 Å². The highest BCUT2D eigenvalue weighted by Crippen LogP contribution is 2.45. The van der Waals surface area contributed by atoms with Crippen LogP contribution in [0.1, 0.15) is 10.4 Å². The molecule has 10 heteroatoms. The van der Waals surface area contributed by atoms with E-state index < -0.39 is 23.3 Å². The molecule has 1 fully saturated rings. The van der Waals surface area contributed by atoms with Crippen LogP contribution in [-0.4, -0.2) is 50.1 Å². The van der Waals surface area contributed by atoms with Crippen LogP contribution in [0.2, 0.25) is 0 Å². The van der Waals surface area contributed by atoms with E-state index >= 15 is 0 Å². The Bertz CT molecular complexity index is 1320. The molecule has 2 aromatic carbocycles. The lowest BCUT2D eigenvalue weighted by atomic mass is 10.0. The topological polar surface area (TPSA) is 107 Å². The van der Waals surface area contributed by atoms with E-state index in [2.05, 4.69) is 5.32 Å². The van der Waals surface area contributed by atoms with Gasteiger partial charge < -0.3 is 15.5 Å². The highest BCUT2D eigenvalue weighted by atomic mass is 32.2. The number of aliphatic hydroxyl groups is 1. The summed E-state index contributed by atoms with van der Waals surface area (Å²) in [5.41, 5.74) is 2.86. The summed E-state index contributed by atoms with van der Waals surface area (Å²) < 4.78 is 0. The molecule has 0 bridgehead atoms. The van der Waals surface area contributed by atoms with Crippen molar-refractivity contribution in [2.24, 2.45) is 0 Å². The number of nitrogens with one attached hydrogen (secondary N) is 1. The van der Waals surface area contributed by atoms with Crippen molar-refractivity contribution in [1.82, 2.24) is 10.2 Å². The number of amides is 2. The molecule has 0 unspecified atom stereocenters. The van der Waals surface area contributed by atoms with Gasteiger partial charge >= 0.3 is 5.97 Å². The van der Waals surface area contributed by atoms with Crippen LogP contribution in [0.25, 0.3) is 11.1 Å². The Morgan fingerprint density at radius 2 is 1.75 bits per heavy atom. The predicted molar refractivity (Wildman–Crippen MR) is 141 cm³/mol. The first-order valence-corrected chi connectivity index (χ1v) is 13.9. The van der Waals surface area contributed by atoms with Crippen LogP contribution in [0.3, 0.4) is 0 Å². The maximum absolute atomic E-state index is 12.9. The molecule has 0 aliphatic carbocycles. The van der Waals surface area contributed by atoms with Gasteiger partial charge in [-0.2, -0.15) is 0 Å². The van der Waals surface area contributed by atoms with Gasteiger partial charge in [-0.15, -0.1) is 23.1 Å². The van der Waals surface area contributed by atoms with Crippen LogP contribution in [-0.2, 0) is 27.4 Å². The van der Waals surface area contributed by atoms with Crippen LogP contribution < -0.4 is 5.32 Å². The highest BCUT2D eigenvalue weighted by molar-refractivity contribution is 8.06. The maximum Gasteiger partial charge on any atom is 0.353 e. The number of rotatable bonds is 8. The maximum atomic E-state index is 12.9. The number of carbonyl (C=O) groups excluding carboxylic acids is 2. The van der Waals surface area contributed by atoms with Crippen molar-refractivity contribution in [3.63, 3.8) is 0 Å². The second kappa shape index (κ2) is 10.5. The summed E-state index contributed by atoms with van der Waals surface area (Å²) in [7, 11) is 0. The van der Waals surface area contributed by atoms with Crippen LogP contribution in [0, 0.1) is 0 Å². The number of aliphatic carboxylic acids is 1. The Morgan fingerprint density at radius 3 is 2.36 bits per heavy atom. The van der Waals surface area contributed by atoms with E-state index in [1.807, 2.05) is 66.0 Å². The predicted octanol–water partition coefficient (Wildman–Crippen LogP) is 3.94. The number of nitrogens with zero attached hydrogens (tertiary/aromatic N) is 1. The molecule has 3 heterocycles. The molecule has 1 aromatic heterocycles. The fraction of sp³-hybridized carbons (Fsp3) is 0.192. The lowest BCUT2D eigenvalue weighted by Gasteiger charge is -2.49. The van der Waals surface area contributed by atoms with Crippen LogP contribution in [0.15, 0.2) is 81.5 Å². The molecular weight excluding hydrogens is 516 g/mol. The number of thioether (sulfide) groups is 2. The van der Waals surface area contributed by atoms with Crippen LogP contribution in [0.4, 0.5) is 0 Å². The first-order valence-electron chi connectivity index (χ1n) is 11.2. The smallest absolute Gasteiger partial charge is 0.353 e. The fourth-order valence-electron chi connectivity index (χ4n) is 4.13. The van der Waals surface area contributed by atoms with Gasteiger partial charge in [0.25, 0.3) is 5.91 Å². The molecule has 2 atom stereocenters. The molecule has 36 heavy (non-hydrogen) atoms. The minimum atomic E-state index is -1.15. The molecule has 2 amide bonds. The van der Waals surface area contributed by atoms with Gasteiger partial charge in [0.05, 0.1) is 13.0 Å². The molecule has 7 nitrogen and oxygen atoms in total. The lowest BCUT2D eigenvalue weighted by Crippen LogP contribution is -2.70. The molecular formula is C26H22N2O5S3. The number of aliphatic hydroxyl groups excluding tert-OH is 1. The molecule has 5 rings (SSSR count). The zero-order valence-electron chi connectivity index (χ0n) is 18.9. The standard InChI is InChI=1S/C26H22N2O5S3/c29-13-15-3-5-16(6-4-15)17-7-9-18(10-8-17)36-20-14-35-25-22(24(31)28(25)23(20)26(32)33)27-21(30)12-19-2-1-11-34-19/h1-11,22,25,29H,12-14H2,(H,27,30)(H,32,33)/t22-,25+/m1/s1. The van der Waals surface area contributed by atoms with Crippen molar-refractivity contribution < 1.29 is 24.6 Å². The summed E-state index contributed by atoms with van der Waals surface area (Å²) in [6, 6.07) is 18.4. The van der Waals surface area contributed by atoms with Gasteiger partial charge in [-0.1, -0.05) is 54.2 Å². The van der Waals surface area contributed by atoms with Crippen molar-refractivity contribution in [2.45, 2.75) is 29.3 Å². The summed E-state index contributed by atoms with van der Waals surface area (Å²) >= 11 is 4.27. The molecule has 0 saturated carbocycles. The van der Waals surface area contributed by atoms with Crippen LogP contribution >= 0.6 is 34.9 Å².